The Bertz CT molecular complexity index is 5220. The summed E-state index contributed by atoms with van der Waals surface area (Å²) in [5, 5.41) is 37.8. The SMILES string of the molecule is C=CC(=O)N1CCN(c2nc(OC3CCN(C4CC4)CC3)nc3c2CCN(c2cc(O)cc4ccccc24)C3)CC1.C=CC(=O)N1CCN(c2nc(OCCCN3CCCCCC3)nc3c2CCN(c2cc(O)cc4ccccc24)C3)CC1.C=CC(=O)N1CCN(c2nc(OCCN(CC)CC)nc3c2CCN(c2cc(O)cc4ccccc24)C3)CC1. The number of aromatic hydroxyl groups is 3. The Morgan fingerprint density at radius 2 is 0.795 bits per heavy atom. The van der Waals surface area contributed by atoms with Crippen LogP contribution in [0.1, 0.15) is 105 Å². The van der Waals surface area contributed by atoms with Crippen molar-refractivity contribution >= 4 is 84.6 Å². The van der Waals surface area contributed by atoms with Gasteiger partial charge in [0.05, 0.1) is 43.3 Å². The number of anilines is 6. The van der Waals surface area contributed by atoms with Gasteiger partial charge in [-0.1, -0.05) is 119 Å². The van der Waals surface area contributed by atoms with E-state index in [2.05, 4.69) is 95.9 Å². The number of likely N-dealkylation sites (N-methyl/N-ethyl adjacent to an activating group) is 1. The molecule has 5 saturated heterocycles. The van der Waals surface area contributed by atoms with Crippen LogP contribution < -0.4 is 43.6 Å². The first kappa shape index (κ1) is 84.1. The van der Waals surface area contributed by atoms with E-state index >= 15 is 0 Å². The molecule has 9 aromatic rings. The van der Waals surface area contributed by atoms with Crippen LogP contribution in [-0.4, -0.2) is 268 Å². The van der Waals surface area contributed by atoms with E-state index in [1.807, 2.05) is 99.6 Å². The topological polar surface area (TPSA) is 256 Å². The number of carbonyl (C=O) groups excluding carboxylic acids is 3. The van der Waals surface area contributed by atoms with Gasteiger partial charge in [0.15, 0.2) is 0 Å². The molecule has 8 aliphatic heterocycles. The highest BCUT2D eigenvalue weighted by Crippen LogP contribution is 2.42. The van der Waals surface area contributed by atoms with Gasteiger partial charge in [-0.05, 0) is 143 Å². The third kappa shape index (κ3) is 19.8. The van der Waals surface area contributed by atoms with E-state index in [9.17, 15) is 29.7 Å². The summed E-state index contributed by atoms with van der Waals surface area (Å²) < 4.78 is 18.8. The van der Waals surface area contributed by atoms with Crippen LogP contribution >= 0.6 is 0 Å². The van der Waals surface area contributed by atoms with Crippen molar-refractivity contribution in [2.75, 3.05) is 193 Å². The number of nitrogens with zero attached hydrogens (tertiary/aromatic N) is 18. The van der Waals surface area contributed by atoms with Crippen molar-refractivity contribution in [3.8, 4) is 35.3 Å². The highest BCUT2D eigenvalue weighted by molar-refractivity contribution is 5.98. The van der Waals surface area contributed by atoms with Gasteiger partial charge in [0.1, 0.15) is 47.4 Å². The molecular formula is C95H118N18O9. The number of amides is 3. The van der Waals surface area contributed by atoms with Crippen molar-refractivity contribution in [3.63, 3.8) is 0 Å². The van der Waals surface area contributed by atoms with E-state index in [1.165, 1.54) is 69.8 Å². The van der Waals surface area contributed by atoms with Gasteiger partial charge in [-0.2, -0.15) is 29.9 Å². The Balaban J connectivity index is 0.000000136. The highest BCUT2D eigenvalue weighted by atomic mass is 16.5. The summed E-state index contributed by atoms with van der Waals surface area (Å²) in [4.78, 5) is 92.9. The normalized spacial score (nSPS) is 18.0. The molecule has 3 aromatic heterocycles. The predicted octanol–water partition coefficient (Wildman–Crippen LogP) is 11.6. The first-order valence-corrected chi connectivity index (χ1v) is 44.3. The number of likely N-dealkylation sites (tertiary alicyclic amines) is 2. The standard InChI is InChI=1S/C33H42N6O3.C32H38N6O3.C30H38N6O3/c1-2-31(41)37-17-19-38(20-18-37)32-28-12-16-39(30-23-26(40)22-25-10-5-6-11-27(25)30)24-29(28)34-33(35-32)42-21-9-15-36-13-7-3-4-8-14-36;1-2-30(40)36-15-17-37(18-16-36)31-27-11-14-38(29-20-24(39)19-22-5-3-4-6-26(22)29)21-28(27)33-32(34-31)41-25-9-12-35(13-10-25)23-7-8-23;1-4-28(38)34-13-15-35(16-14-34)29-25-11-12-36(27-20-23(37)19-22-9-7-8-10-24(22)27)21-26(25)31-30(32-29)39-18-17-33(5-2)6-3/h2,5-6,10-11,22-23,40H,1,3-4,7-9,12-21,24H2;2-6,19-20,23,25,39H,1,7-18,21H2;4,7-10,19-20,37H,1,5-6,11-18,21H2,2-3H3. The molecule has 27 nitrogen and oxygen atoms in total. The molecule has 3 amide bonds. The highest BCUT2D eigenvalue weighted by Gasteiger charge is 2.37. The van der Waals surface area contributed by atoms with Crippen molar-refractivity contribution in [2.24, 2.45) is 0 Å². The summed E-state index contributed by atoms with van der Waals surface area (Å²) in [6.45, 7) is 36.8. The zero-order valence-electron chi connectivity index (χ0n) is 71.0. The van der Waals surface area contributed by atoms with Crippen LogP contribution in [0.4, 0.5) is 34.5 Å². The molecule has 122 heavy (non-hydrogen) atoms. The molecule has 18 rings (SSSR count). The van der Waals surface area contributed by atoms with Crippen molar-refractivity contribution in [2.45, 2.75) is 123 Å². The average molecular weight is 1660 g/mol. The van der Waals surface area contributed by atoms with Crippen LogP contribution in [0.25, 0.3) is 32.3 Å². The monoisotopic (exact) mass is 1650 g/mol. The summed E-state index contributed by atoms with van der Waals surface area (Å²) in [5.41, 5.74) is 9.34. The van der Waals surface area contributed by atoms with Gasteiger partial charge in [0.25, 0.3) is 0 Å². The summed E-state index contributed by atoms with van der Waals surface area (Å²) in [5.74, 6) is 3.47. The lowest BCUT2D eigenvalue weighted by atomic mass is 10.0. The van der Waals surface area contributed by atoms with E-state index in [-0.39, 0.29) is 41.1 Å². The minimum Gasteiger partial charge on any atom is -0.508 e. The second-order valence-electron chi connectivity index (χ2n) is 33.3. The number of hydrogen-bond donors (Lipinski definition) is 3. The Hall–Kier alpha value is -11.6. The lowest BCUT2D eigenvalue weighted by molar-refractivity contribution is -0.127. The van der Waals surface area contributed by atoms with Crippen LogP contribution in [0.3, 0.4) is 0 Å². The van der Waals surface area contributed by atoms with Gasteiger partial charge in [0.2, 0.25) is 17.7 Å². The molecule has 1 aliphatic carbocycles. The molecule has 6 aromatic carbocycles. The quantitative estimate of drug-likeness (QED) is 0.0397. The number of piperidine rings is 1. The molecular weight excluding hydrogens is 1540 g/mol. The number of rotatable bonds is 23. The fraction of sp³-hybridized carbons (Fsp3) is 0.463. The van der Waals surface area contributed by atoms with Gasteiger partial charge >= 0.3 is 18.0 Å². The van der Waals surface area contributed by atoms with Crippen LogP contribution in [0.2, 0.25) is 0 Å². The average Bonchev–Trinajstić information content (AvgIpc) is 1.47. The number of ether oxygens (including phenoxy) is 3. The zero-order chi connectivity index (χ0) is 84.2. The number of hydrogen-bond acceptors (Lipinski definition) is 24. The molecule has 0 radical (unpaired) electrons. The molecule has 3 N–H and O–H groups in total. The summed E-state index contributed by atoms with van der Waals surface area (Å²) >= 11 is 0. The largest absolute Gasteiger partial charge is 0.508 e. The molecule has 0 unspecified atom stereocenters. The van der Waals surface area contributed by atoms with E-state index in [0.717, 1.165) is 204 Å². The molecule has 11 heterocycles. The van der Waals surface area contributed by atoms with E-state index < -0.39 is 0 Å². The molecule has 27 heteroatoms. The van der Waals surface area contributed by atoms with Crippen LogP contribution in [0.5, 0.6) is 35.3 Å². The van der Waals surface area contributed by atoms with Gasteiger partial charge < -0.3 is 88.3 Å². The summed E-state index contributed by atoms with van der Waals surface area (Å²) in [6.07, 6.45) is 17.5. The van der Waals surface area contributed by atoms with E-state index in [4.69, 9.17) is 44.1 Å². The number of carbonyl (C=O) groups is 3. The van der Waals surface area contributed by atoms with Crippen molar-refractivity contribution in [3.05, 3.63) is 181 Å². The number of phenolic OH excluding ortho intramolecular Hbond substituents is 3. The van der Waals surface area contributed by atoms with Crippen molar-refractivity contribution in [1.29, 1.82) is 0 Å². The third-order valence-corrected chi connectivity index (χ3v) is 25.7. The van der Waals surface area contributed by atoms with Gasteiger partial charge in [-0.3, -0.25) is 14.4 Å². The molecule has 0 spiro atoms. The smallest absolute Gasteiger partial charge is 0.318 e. The lowest BCUT2D eigenvalue weighted by Gasteiger charge is -2.38. The number of phenols is 3. The fourth-order valence-electron chi connectivity index (χ4n) is 18.7. The molecule has 642 valence electrons. The first-order valence-electron chi connectivity index (χ1n) is 44.3. The van der Waals surface area contributed by atoms with Crippen LogP contribution in [0, 0.1) is 0 Å². The lowest BCUT2D eigenvalue weighted by Crippen LogP contribution is -2.49. The van der Waals surface area contributed by atoms with E-state index in [1.54, 1.807) is 6.07 Å². The Labute approximate surface area is 716 Å². The van der Waals surface area contributed by atoms with Gasteiger partial charge in [0, 0.05) is 199 Å². The predicted molar refractivity (Wildman–Crippen MR) is 481 cm³/mol. The molecule has 1 saturated carbocycles. The van der Waals surface area contributed by atoms with Gasteiger partial charge in [-0.25, -0.2) is 0 Å². The molecule has 9 aliphatic rings. The molecule has 0 bridgehead atoms. The number of piperazine rings is 3. The summed E-state index contributed by atoms with van der Waals surface area (Å²) in [7, 11) is 0. The van der Waals surface area contributed by atoms with Crippen molar-refractivity contribution < 1.29 is 43.9 Å². The third-order valence-electron chi connectivity index (χ3n) is 25.7. The minimum absolute atomic E-state index is 0.0232. The second-order valence-corrected chi connectivity index (χ2v) is 33.3. The number of fused-ring (bicyclic) bond motifs is 6. The number of benzene rings is 6. The van der Waals surface area contributed by atoms with E-state index in [0.29, 0.717) is 129 Å². The van der Waals surface area contributed by atoms with Crippen LogP contribution in [-0.2, 0) is 53.3 Å². The van der Waals surface area contributed by atoms with Gasteiger partial charge in [-0.15, -0.1) is 0 Å². The Morgan fingerprint density at radius 3 is 1.17 bits per heavy atom. The second kappa shape index (κ2) is 39.1. The first-order chi connectivity index (χ1) is 59.6. The maximum atomic E-state index is 12.2. The zero-order valence-corrected chi connectivity index (χ0v) is 71.0. The fourth-order valence-corrected chi connectivity index (χ4v) is 18.7. The minimum atomic E-state index is -0.0335. The Kier molecular flexibility index (Phi) is 26.9. The summed E-state index contributed by atoms with van der Waals surface area (Å²) in [6, 6.07) is 37.5. The van der Waals surface area contributed by atoms with Crippen molar-refractivity contribution in [1.82, 2.24) is 59.3 Å². The molecule has 0 atom stereocenters. The Morgan fingerprint density at radius 1 is 0.426 bits per heavy atom. The number of aromatic nitrogens is 6. The van der Waals surface area contributed by atoms with Crippen LogP contribution in [0.15, 0.2) is 147 Å². The maximum absolute atomic E-state index is 12.2. The molecule has 6 fully saturated rings. The maximum Gasteiger partial charge on any atom is 0.318 e.